The average Bonchev–Trinajstić information content (AvgIpc) is 3.53. The van der Waals surface area contributed by atoms with Crippen LogP contribution in [-0.4, -0.2) is 89.8 Å². The molecule has 0 aromatic carbocycles. The summed E-state index contributed by atoms with van der Waals surface area (Å²) < 4.78 is 19.4. The zero-order chi connectivity index (χ0) is 29.9. The van der Waals surface area contributed by atoms with Gasteiger partial charge >= 0.3 is 6.09 Å². The average molecular weight is 585 g/mol. The highest BCUT2D eigenvalue weighted by Gasteiger charge is 2.29. The van der Waals surface area contributed by atoms with E-state index in [1.807, 2.05) is 37.6 Å². The third-order valence-electron chi connectivity index (χ3n) is 6.80. The molecule has 224 valence electrons. The summed E-state index contributed by atoms with van der Waals surface area (Å²) in [7, 11) is 2.15. The fourth-order valence-corrected chi connectivity index (χ4v) is 5.37. The van der Waals surface area contributed by atoms with Crippen LogP contribution in [0, 0.1) is 0 Å². The Kier molecular flexibility index (Phi) is 9.12. The van der Waals surface area contributed by atoms with Crippen LogP contribution in [0.4, 0.5) is 10.5 Å². The number of carbonyl (C=O) groups is 2. The van der Waals surface area contributed by atoms with Crippen molar-refractivity contribution in [3.8, 4) is 11.5 Å². The number of aromatic nitrogens is 3. The maximum absolute atomic E-state index is 12.8. The van der Waals surface area contributed by atoms with Crippen molar-refractivity contribution in [3.05, 3.63) is 30.4 Å². The Balaban J connectivity index is 1.64. The number of piperidine rings is 1. The summed E-state index contributed by atoms with van der Waals surface area (Å²) in [6.07, 6.45) is 6.45. The monoisotopic (exact) mass is 584 g/mol. The van der Waals surface area contributed by atoms with Crippen molar-refractivity contribution in [2.45, 2.75) is 77.7 Å². The molecule has 0 unspecified atom stereocenters. The standard InChI is InChI=1S/C29H44N6O5Si/c1-29(2,3)40-28(37)34-12-9-10-20(17-34)31-24-21-11-13-35(19-38-14-15-41(6,7)8)25(21)30-16-22(24)26-32-23(18-39-26)27(36)33(4)5/h11,13,16,18,20H,9-10,12,14-15,17,19H2,1-8H3,(H,30,31)/t20-/m1/s1. The van der Waals surface area contributed by atoms with Crippen molar-refractivity contribution < 1.29 is 23.5 Å². The number of nitrogens with one attached hydrogen (secondary N) is 1. The van der Waals surface area contributed by atoms with E-state index in [1.54, 1.807) is 25.2 Å². The predicted octanol–water partition coefficient (Wildman–Crippen LogP) is 5.52. The molecule has 1 fully saturated rings. The van der Waals surface area contributed by atoms with Gasteiger partial charge in [-0.25, -0.2) is 14.8 Å². The highest BCUT2D eigenvalue weighted by molar-refractivity contribution is 6.76. The number of amides is 2. The van der Waals surface area contributed by atoms with E-state index in [-0.39, 0.29) is 23.7 Å². The van der Waals surface area contributed by atoms with Gasteiger partial charge in [0.1, 0.15) is 24.2 Å². The highest BCUT2D eigenvalue weighted by Crippen LogP contribution is 2.35. The number of oxazole rings is 1. The summed E-state index contributed by atoms with van der Waals surface area (Å²) in [6, 6.07) is 3.05. The lowest BCUT2D eigenvalue weighted by molar-refractivity contribution is 0.0206. The molecule has 0 aliphatic carbocycles. The van der Waals surface area contributed by atoms with Crippen LogP contribution in [0.3, 0.4) is 0 Å². The molecular weight excluding hydrogens is 540 g/mol. The number of rotatable bonds is 9. The Morgan fingerprint density at radius 3 is 2.68 bits per heavy atom. The topological polar surface area (TPSA) is 115 Å². The molecule has 1 aliphatic heterocycles. The van der Waals surface area contributed by atoms with Gasteiger partial charge in [0.15, 0.2) is 5.69 Å². The molecule has 0 saturated carbocycles. The first-order valence-electron chi connectivity index (χ1n) is 14.2. The quantitative estimate of drug-likeness (QED) is 0.258. The summed E-state index contributed by atoms with van der Waals surface area (Å²) in [5.41, 5.74) is 1.85. The van der Waals surface area contributed by atoms with Crippen LogP contribution in [0.15, 0.2) is 29.1 Å². The van der Waals surface area contributed by atoms with Crippen molar-refractivity contribution in [3.63, 3.8) is 0 Å². The van der Waals surface area contributed by atoms with Crippen molar-refractivity contribution in [2.24, 2.45) is 0 Å². The molecule has 11 nitrogen and oxygen atoms in total. The SMILES string of the molecule is CN(C)C(=O)c1coc(-c2cnc3c(ccn3COCC[Si](C)(C)C)c2N[C@@H]2CCCN(C(=O)OC(C)(C)C)C2)n1. The number of hydrogen-bond acceptors (Lipinski definition) is 8. The summed E-state index contributed by atoms with van der Waals surface area (Å²) in [5, 5.41) is 4.55. The van der Waals surface area contributed by atoms with Crippen LogP contribution in [-0.2, 0) is 16.2 Å². The fourth-order valence-electron chi connectivity index (χ4n) is 4.62. The third kappa shape index (κ3) is 7.88. The van der Waals surface area contributed by atoms with Gasteiger partial charge in [0, 0.05) is 65.7 Å². The van der Waals surface area contributed by atoms with Crippen LogP contribution >= 0.6 is 0 Å². The molecular formula is C29H44N6O5Si. The zero-order valence-corrected chi connectivity index (χ0v) is 26.6. The van der Waals surface area contributed by atoms with E-state index in [0.717, 1.165) is 35.6 Å². The number of anilines is 1. The molecule has 12 heteroatoms. The molecule has 3 aromatic heterocycles. The van der Waals surface area contributed by atoms with E-state index in [9.17, 15) is 9.59 Å². The fraction of sp³-hybridized carbons (Fsp3) is 0.586. The molecule has 41 heavy (non-hydrogen) atoms. The lowest BCUT2D eigenvalue weighted by Gasteiger charge is -2.35. The summed E-state index contributed by atoms with van der Waals surface area (Å²) >= 11 is 0. The molecule has 2 amide bonds. The zero-order valence-electron chi connectivity index (χ0n) is 25.6. The molecule has 0 spiro atoms. The molecule has 4 heterocycles. The molecule has 0 radical (unpaired) electrons. The van der Waals surface area contributed by atoms with Gasteiger partial charge in [-0.2, -0.15) is 0 Å². The lowest BCUT2D eigenvalue weighted by atomic mass is 10.0. The minimum atomic E-state index is -1.19. The van der Waals surface area contributed by atoms with E-state index in [0.29, 0.717) is 37.9 Å². The van der Waals surface area contributed by atoms with Crippen molar-refractivity contribution in [1.82, 2.24) is 24.3 Å². The Labute approximate surface area is 243 Å². The van der Waals surface area contributed by atoms with Crippen LogP contribution < -0.4 is 5.32 Å². The smallest absolute Gasteiger partial charge is 0.410 e. The number of likely N-dealkylation sites (tertiary alicyclic amines) is 1. The van der Waals surface area contributed by atoms with Crippen LogP contribution in [0.2, 0.25) is 25.7 Å². The van der Waals surface area contributed by atoms with E-state index in [4.69, 9.17) is 18.9 Å². The third-order valence-corrected chi connectivity index (χ3v) is 8.50. The molecule has 1 aliphatic rings. The molecule has 0 bridgehead atoms. The second kappa shape index (κ2) is 12.2. The summed E-state index contributed by atoms with van der Waals surface area (Å²) in [4.78, 5) is 37.8. The molecule has 1 saturated heterocycles. The lowest BCUT2D eigenvalue weighted by Crippen LogP contribution is -2.47. The largest absolute Gasteiger partial charge is 0.444 e. The van der Waals surface area contributed by atoms with Gasteiger partial charge in [0.25, 0.3) is 5.91 Å². The maximum Gasteiger partial charge on any atom is 0.410 e. The Hall–Kier alpha value is -3.38. The van der Waals surface area contributed by atoms with Crippen LogP contribution in [0.25, 0.3) is 22.5 Å². The van der Waals surface area contributed by atoms with Gasteiger partial charge in [-0.05, 0) is 45.7 Å². The first-order chi connectivity index (χ1) is 19.2. The predicted molar refractivity (Wildman–Crippen MR) is 162 cm³/mol. The van der Waals surface area contributed by atoms with Crippen molar-refractivity contribution in [2.75, 3.05) is 39.1 Å². The van der Waals surface area contributed by atoms with Gasteiger partial charge in [-0.15, -0.1) is 0 Å². The van der Waals surface area contributed by atoms with Crippen molar-refractivity contribution in [1.29, 1.82) is 0 Å². The Morgan fingerprint density at radius 1 is 1.24 bits per heavy atom. The van der Waals surface area contributed by atoms with Gasteiger partial charge in [0.05, 0.1) is 11.3 Å². The summed E-state index contributed by atoms with van der Waals surface area (Å²) in [6.45, 7) is 14.9. The molecule has 1 N–H and O–H groups in total. The van der Waals surface area contributed by atoms with Crippen LogP contribution in [0.1, 0.15) is 44.1 Å². The number of hydrogen-bond donors (Lipinski definition) is 1. The Morgan fingerprint density at radius 2 is 2.00 bits per heavy atom. The second-order valence-corrected chi connectivity index (χ2v) is 18.7. The van der Waals surface area contributed by atoms with Crippen LogP contribution in [0.5, 0.6) is 0 Å². The Bertz CT molecular complexity index is 1370. The molecule has 1 atom stereocenters. The number of ether oxygens (including phenoxy) is 2. The van der Waals surface area contributed by atoms with Gasteiger partial charge < -0.3 is 33.6 Å². The van der Waals surface area contributed by atoms with E-state index in [1.165, 1.54) is 11.2 Å². The normalized spacial score (nSPS) is 16.2. The minimum Gasteiger partial charge on any atom is -0.444 e. The molecule has 3 aromatic rings. The van der Waals surface area contributed by atoms with Crippen molar-refractivity contribution >= 4 is 36.8 Å². The van der Waals surface area contributed by atoms with E-state index < -0.39 is 13.7 Å². The minimum absolute atomic E-state index is 0.0326. The molecule has 4 rings (SSSR count). The van der Waals surface area contributed by atoms with E-state index >= 15 is 0 Å². The maximum atomic E-state index is 12.8. The number of carbonyl (C=O) groups excluding carboxylic acids is 2. The van der Waals surface area contributed by atoms with Gasteiger partial charge in [-0.3, -0.25) is 4.79 Å². The summed E-state index contributed by atoms with van der Waals surface area (Å²) in [5.74, 6) is 0.0523. The number of fused-ring (bicyclic) bond motifs is 1. The first kappa shape index (κ1) is 30.6. The van der Waals surface area contributed by atoms with E-state index in [2.05, 4.69) is 29.9 Å². The van der Waals surface area contributed by atoms with Gasteiger partial charge in [-0.1, -0.05) is 19.6 Å². The first-order valence-corrected chi connectivity index (χ1v) is 17.9. The number of pyridine rings is 1. The number of nitrogens with zero attached hydrogens (tertiary/aromatic N) is 5. The highest BCUT2D eigenvalue weighted by atomic mass is 28.3. The van der Waals surface area contributed by atoms with Gasteiger partial charge in [0.2, 0.25) is 5.89 Å². The second-order valence-electron chi connectivity index (χ2n) is 13.1.